The van der Waals surface area contributed by atoms with Gasteiger partial charge >= 0.3 is 5.69 Å². The summed E-state index contributed by atoms with van der Waals surface area (Å²) in [5.41, 5.74) is 6.77. The van der Waals surface area contributed by atoms with Crippen LogP contribution in [0.4, 0.5) is 11.5 Å². The monoisotopic (exact) mass is 440 g/mol. The van der Waals surface area contributed by atoms with Gasteiger partial charge in [0.15, 0.2) is 12.3 Å². The molecule has 4 rings (SSSR count). The first kappa shape index (κ1) is 21.7. The highest BCUT2D eigenvalue weighted by Gasteiger charge is 2.22. The molecular weight excluding hydrogens is 412 g/mol. The van der Waals surface area contributed by atoms with Crippen molar-refractivity contribution in [3.63, 3.8) is 0 Å². The zero-order chi connectivity index (χ0) is 22.8. The molecule has 1 aliphatic rings. The third-order valence-electron chi connectivity index (χ3n) is 5.95. The van der Waals surface area contributed by atoms with Gasteiger partial charge in [-0.15, -0.1) is 0 Å². The lowest BCUT2D eigenvalue weighted by molar-refractivity contribution is -0.120. The number of hydrogen-bond donors (Lipinski definition) is 2. The van der Waals surface area contributed by atoms with Crippen LogP contribution in [0.25, 0.3) is 11.0 Å². The third kappa shape index (κ3) is 4.02. The number of aromatic amines is 1. The summed E-state index contributed by atoms with van der Waals surface area (Å²) in [7, 11) is 1.44. The number of likely N-dealkylation sites (N-methyl/N-ethyl adjacent to an activating group) is 1. The predicted octanol–water partition coefficient (Wildman–Crippen LogP) is 2.59. The number of carbonyl (C=O) groups excluding carboxylic acids is 1. The van der Waals surface area contributed by atoms with E-state index in [0.29, 0.717) is 12.3 Å². The van der Waals surface area contributed by atoms with Crippen molar-refractivity contribution in [1.82, 2.24) is 9.55 Å². The van der Waals surface area contributed by atoms with Gasteiger partial charge in [0, 0.05) is 31.0 Å². The Kier molecular flexibility index (Phi) is 6.07. The van der Waals surface area contributed by atoms with E-state index in [4.69, 9.17) is 14.9 Å². The zero-order valence-corrected chi connectivity index (χ0v) is 18.4. The molecular formula is C23H28N4O5. The SMILES string of the molecule is CCCCn1c(N)c(N(C)C(=O)COc2ccc3oc4c(c3c2)CCCC4)c(=O)[nH]c1=O. The normalized spacial score (nSPS) is 13.2. The number of nitrogens with zero attached hydrogens (tertiary/aromatic N) is 2. The molecule has 1 amide bonds. The molecule has 0 atom stereocenters. The Morgan fingerprint density at radius 3 is 2.84 bits per heavy atom. The summed E-state index contributed by atoms with van der Waals surface area (Å²) in [5.74, 6) is 1.09. The third-order valence-corrected chi connectivity index (χ3v) is 5.95. The Labute approximate surface area is 184 Å². The summed E-state index contributed by atoms with van der Waals surface area (Å²) in [6.07, 6.45) is 5.75. The van der Waals surface area contributed by atoms with Crippen molar-refractivity contribution < 1.29 is 13.9 Å². The van der Waals surface area contributed by atoms with Gasteiger partial charge in [-0.25, -0.2) is 4.79 Å². The number of nitrogens with one attached hydrogen (secondary N) is 1. The molecule has 170 valence electrons. The summed E-state index contributed by atoms with van der Waals surface area (Å²) in [6.45, 7) is 2.06. The van der Waals surface area contributed by atoms with E-state index in [0.717, 1.165) is 60.2 Å². The minimum atomic E-state index is -0.706. The van der Waals surface area contributed by atoms with Crippen molar-refractivity contribution in [3.05, 3.63) is 50.4 Å². The molecule has 0 radical (unpaired) electrons. The summed E-state index contributed by atoms with van der Waals surface area (Å²) in [4.78, 5) is 40.6. The van der Waals surface area contributed by atoms with E-state index < -0.39 is 17.2 Å². The second kappa shape index (κ2) is 8.94. The number of nitrogens with two attached hydrogens (primary N) is 1. The van der Waals surface area contributed by atoms with Crippen LogP contribution in [0.1, 0.15) is 43.9 Å². The van der Waals surface area contributed by atoms with Crippen molar-refractivity contribution in [2.45, 2.75) is 52.0 Å². The van der Waals surface area contributed by atoms with Crippen molar-refractivity contribution in [3.8, 4) is 5.75 Å². The van der Waals surface area contributed by atoms with Crippen LogP contribution in [-0.4, -0.2) is 29.1 Å². The smallest absolute Gasteiger partial charge is 0.330 e. The Hall–Kier alpha value is -3.49. The number of amides is 1. The maximum absolute atomic E-state index is 12.8. The van der Waals surface area contributed by atoms with Crippen LogP contribution in [0.15, 0.2) is 32.2 Å². The average molecular weight is 441 g/mol. The molecule has 1 aliphatic carbocycles. The minimum absolute atomic E-state index is 0.0329. The number of anilines is 2. The summed E-state index contributed by atoms with van der Waals surface area (Å²) >= 11 is 0. The number of H-pyrrole nitrogens is 1. The standard InChI is InChI=1S/C23H28N4O5/c1-3-4-11-27-21(24)20(22(29)25-23(27)30)26(2)19(28)13-31-14-9-10-18-16(12-14)15-7-5-6-8-17(15)32-18/h9-10,12H,3-8,11,13,24H2,1-2H3,(H,25,29,30). The van der Waals surface area contributed by atoms with Crippen molar-refractivity contribution in [1.29, 1.82) is 0 Å². The zero-order valence-electron chi connectivity index (χ0n) is 18.4. The number of carbonyl (C=O) groups is 1. The van der Waals surface area contributed by atoms with E-state index in [1.165, 1.54) is 17.2 Å². The topological polar surface area (TPSA) is 124 Å². The number of benzene rings is 1. The fourth-order valence-electron chi connectivity index (χ4n) is 4.14. The molecule has 3 aromatic rings. The van der Waals surface area contributed by atoms with Gasteiger partial charge in [-0.1, -0.05) is 13.3 Å². The van der Waals surface area contributed by atoms with E-state index in [1.54, 1.807) is 6.07 Å². The van der Waals surface area contributed by atoms with E-state index in [9.17, 15) is 14.4 Å². The summed E-state index contributed by atoms with van der Waals surface area (Å²) in [5, 5.41) is 1.02. The number of unbranched alkanes of at least 4 members (excludes halogenated alkanes) is 1. The molecule has 0 saturated heterocycles. The predicted molar refractivity (Wildman–Crippen MR) is 122 cm³/mol. The molecule has 0 bridgehead atoms. The summed E-state index contributed by atoms with van der Waals surface area (Å²) < 4.78 is 12.9. The van der Waals surface area contributed by atoms with Gasteiger partial charge in [-0.05, 0) is 43.9 Å². The van der Waals surface area contributed by atoms with Gasteiger partial charge in [-0.3, -0.25) is 19.1 Å². The molecule has 3 N–H and O–H groups in total. The number of ether oxygens (including phenoxy) is 1. The van der Waals surface area contributed by atoms with Gasteiger partial charge < -0.3 is 19.8 Å². The maximum Gasteiger partial charge on any atom is 0.330 e. The van der Waals surface area contributed by atoms with Gasteiger partial charge in [-0.2, -0.15) is 0 Å². The molecule has 0 aliphatic heterocycles. The molecule has 9 nitrogen and oxygen atoms in total. The van der Waals surface area contributed by atoms with E-state index in [1.807, 2.05) is 19.1 Å². The second-order valence-corrected chi connectivity index (χ2v) is 8.11. The second-order valence-electron chi connectivity index (χ2n) is 8.11. The first-order valence-corrected chi connectivity index (χ1v) is 11.0. The van der Waals surface area contributed by atoms with E-state index in [2.05, 4.69) is 4.98 Å². The maximum atomic E-state index is 12.8. The van der Waals surface area contributed by atoms with Crippen LogP contribution >= 0.6 is 0 Å². The quantitative estimate of drug-likeness (QED) is 0.582. The molecule has 1 aromatic carbocycles. The highest BCUT2D eigenvalue weighted by atomic mass is 16.5. The highest BCUT2D eigenvalue weighted by Crippen LogP contribution is 2.34. The fraction of sp³-hybridized carbons (Fsp3) is 0.435. The van der Waals surface area contributed by atoms with Crippen LogP contribution in [0.5, 0.6) is 5.75 Å². The van der Waals surface area contributed by atoms with Crippen LogP contribution in [0.3, 0.4) is 0 Å². The molecule has 2 heterocycles. The van der Waals surface area contributed by atoms with Gasteiger partial charge in [0.1, 0.15) is 22.9 Å². The van der Waals surface area contributed by atoms with Crippen molar-refractivity contribution >= 4 is 28.4 Å². The summed E-state index contributed by atoms with van der Waals surface area (Å²) in [6, 6.07) is 5.50. The largest absolute Gasteiger partial charge is 0.484 e. The minimum Gasteiger partial charge on any atom is -0.484 e. The van der Waals surface area contributed by atoms with E-state index >= 15 is 0 Å². The van der Waals surface area contributed by atoms with Gasteiger partial charge in [0.25, 0.3) is 11.5 Å². The van der Waals surface area contributed by atoms with Crippen LogP contribution < -0.4 is 26.6 Å². The van der Waals surface area contributed by atoms with Gasteiger partial charge in [0.2, 0.25) is 0 Å². The molecule has 0 saturated carbocycles. The number of rotatable bonds is 7. The first-order chi connectivity index (χ1) is 15.4. The number of hydrogen-bond acceptors (Lipinski definition) is 6. The van der Waals surface area contributed by atoms with Crippen LogP contribution in [0, 0.1) is 0 Å². The lowest BCUT2D eigenvalue weighted by Gasteiger charge is -2.20. The number of nitrogen functional groups attached to an aromatic ring is 1. The molecule has 9 heteroatoms. The van der Waals surface area contributed by atoms with Crippen molar-refractivity contribution in [2.75, 3.05) is 24.3 Å². The Balaban J connectivity index is 1.52. The van der Waals surface area contributed by atoms with Gasteiger partial charge in [0.05, 0.1) is 0 Å². The highest BCUT2D eigenvalue weighted by molar-refractivity contribution is 5.96. The molecule has 0 spiro atoms. The molecule has 32 heavy (non-hydrogen) atoms. The van der Waals surface area contributed by atoms with E-state index in [-0.39, 0.29) is 18.1 Å². The molecule has 0 fully saturated rings. The Morgan fingerprint density at radius 1 is 1.28 bits per heavy atom. The lowest BCUT2D eigenvalue weighted by atomic mass is 9.96. The Morgan fingerprint density at radius 2 is 2.06 bits per heavy atom. The van der Waals surface area contributed by atoms with Crippen LogP contribution in [0.2, 0.25) is 0 Å². The molecule has 0 unspecified atom stereocenters. The number of fused-ring (bicyclic) bond motifs is 3. The first-order valence-electron chi connectivity index (χ1n) is 11.0. The fourth-order valence-corrected chi connectivity index (χ4v) is 4.14. The number of aromatic nitrogens is 2. The van der Waals surface area contributed by atoms with Crippen molar-refractivity contribution in [2.24, 2.45) is 0 Å². The van der Waals surface area contributed by atoms with Crippen LogP contribution in [-0.2, 0) is 24.2 Å². The number of aryl methyl sites for hydroxylation is 2. The molecule has 2 aromatic heterocycles. The average Bonchev–Trinajstić information content (AvgIpc) is 3.15. The lowest BCUT2D eigenvalue weighted by Crippen LogP contribution is -2.40. The number of furan rings is 1. The Bertz CT molecular complexity index is 1270.